The van der Waals surface area contributed by atoms with Gasteiger partial charge >= 0.3 is 18.0 Å². The Hall–Kier alpha value is -1.86. The summed E-state index contributed by atoms with van der Waals surface area (Å²) in [7, 11) is 0. The Bertz CT molecular complexity index is 484. The van der Waals surface area contributed by atoms with Gasteiger partial charge in [0.05, 0.1) is 0 Å². The zero-order valence-corrected chi connectivity index (χ0v) is 9.81. The van der Waals surface area contributed by atoms with Crippen LogP contribution in [0.2, 0.25) is 0 Å². The average Bonchev–Trinajstić information content (AvgIpc) is 2.27. The predicted octanol–water partition coefficient (Wildman–Crippen LogP) is 2.97. The minimum absolute atomic E-state index is 0.204. The molecule has 106 valence electrons. The first-order valence-electron chi connectivity index (χ1n) is 5.24. The number of nitrogens with one attached hydrogen (secondary N) is 1. The highest BCUT2D eigenvalue weighted by Gasteiger charge is 2.63. The van der Waals surface area contributed by atoms with Crippen LogP contribution in [0.25, 0.3) is 0 Å². The SMILES string of the molecule is CCc1ccc(NC(=O)C(F)(F)C(F)(F)F)cc1N. The molecule has 1 rings (SSSR count). The molecule has 8 heteroatoms. The van der Waals surface area contributed by atoms with Crippen LogP contribution in [0.1, 0.15) is 12.5 Å². The summed E-state index contributed by atoms with van der Waals surface area (Å²) >= 11 is 0. The fraction of sp³-hybridized carbons (Fsp3) is 0.364. The number of benzene rings is 1. The van der Waals surface area contributed by atoms with Gasteiger partial charge in [0.1, 0.15) is 0 Å². The summed E-state index contributed by atoms with van der Waals surface area (Å²) in [6, 6.07) is 3.78. The van der Waals surface area contributed by atoms with Crippen LogP contribution in [0.3, 0.4) is 0 Å². The van der Waals surface area contributed by atoms with E-state index in [1.54, 1.807) is 6.92 Å². The third-order valence-electron chi connectivity index (χ3n) is 2.43. The molecular formula is C11H11F5N2O. The molecule has 0 unspecified atom stereocenters. The van der Waals surface area contributed by atoms with Gasteiger partial charge in [-0.25, -0.2) is 0 Å². The van der Waals surface area contributed by atoms with E-state index in [1.807, 2.05) is 0 Å². The zero-order chi connectivity index (χ0) is 14.8. The van der Waals surface area contributed by atoms with Gasteiger partial charge < -0.3 is 11.1 Å². The number of nitrogen functional groups attached to an aromatic ring is 1. The molecule has 0 radical (unpaired) electrons. The van der Waals surface area contributed by atoms with Crippen LogP contribution in [-0.4, -0.2) is 18.0 Å². The largest absolute Gasteiger partial charge is 0.463 e. The third kappa shape index (κ3) is 3.12. The normalized spacial score (nSPS) is 12.3. The van der Waals surface area contributed by atoms with E-state index in [0.717, 1.165) is 6.07 Å². The molecule has 3 nitrogen and oxygen atoms in total. The predicted molar refractivity (Wildman–Crippen MR) is 59.9 cm³/mol. The number of alkyl halides is 5. The number of amides is 1. The Balaban J connectivity index is 2.92. The lowest BCUT2D eigenvalue weighted by Crippen LogP contribution is -2.47. The summed E-state index contributed by atoms with van der Waals surface area (Å²) in [5.74, 6) is -7.89. The van der Waals surface area contributed by atoms with Gasteiger partial charge in [0.15, 0.2) is 0 Å². The second kappa shape index (κ2) is 5.02. The van der Waals surface area contributed by atoms with Crippen LogP contribution in [-0.2, 0) is 11.2 Å². The first-order valence-corrected chi connectivity index (χ1v) is 5.24. The molecule has 0 fully saturated rings. The highest BCUT2D eigenvalue weighted by Crippen LogP contribution is 2.36. The lowest BCUT2D eigenvalue weighted by molar-refractivity contribution is -0.267. The van der Waals surface area contributed by atoms with E-state index in [9.17, 15) is 26.7 Å². The Morgan fingerprint density at radius 3 is 2.26 bits per heavy atom. The van der Waals surface area contributed by atoms with Crippen LogP contribution < -0.4 is 11.1 Å². The Kier molecular flexibility index (Phi) is 4.02. The molecule has 0 aliphatic heterocycles. The number of rotatable bonds is 3. The minimum Gasteiger partial charge on any atom is -0.398 e. The van der Waals surface area contributed by atoms with Crippen molar-refractivity contribution in [1.82, 2.24) is 0 Å². The average molecular weight is 282 g/mol. The van der Waals surface area contributed by atoms with Gasteiger partial charge in [0.2, 0.25) is 0 Å². The molecule has 0 atom stereocenters. The van der Waals surface area contributed by atoms with Gasteiger partial charge in [-0.3, -0.25) is 4.79 Å². The maximum atomic E-state index is 12.7. The maximum Gasteiger partial charge on any atom is 0.463 e. The number of hydrogen-bond donors (Lipinski definition) is 2. The molecule has 0 bridgehead atoms. The molecule has 0 aliphatic carbocycles. The second-order valence-corrected chi connectivity index (χ2v) is 3.79. The summed E-state index contributed by atoms with van der Waals surface area (Å²) in [5, 5.41) is 1.49. The van der Waals surface area contributed by atoms with E-state index in [1.165, 1.54) is 17.4 Å². The lowest BCUT2D eigenvalue weighted by Gasteiger charge is -2.19. The summed E-state index contributed by atoms with van der Waals surface area (Å²) in [5.41, 5.74) is 6.22. The molecule has 19 heavy (non-hydrogen) atoms. The highest BCUT2D eigenvalue weighted by atomic mass is 19.4. The quantitative estimate of drug-likeness (QED) is 0.661. The molecule has 0 heterocycles. The number of anilines is 2. The Morgan fingerprint density at radius 1 is 1.26 bits per heavy atom. The van der Waals surface area contributed by atoms with E-state index >= 15 is 0 Å². The van der Waals surface area contributed by atoms with Crippen molar-refractivity contribution in [2.75, 3.05) is 11.1 Å². The number of aryl methyl sites for hydroxylation is 1. The molecule has 0 saturated heterocycles. The first kappa shape index (κ1) is 15.2. The number of halogens is 5. The van der Waals surface area contributed by atoms with Gasteiger partial charge in [-0.15, -0.1) is 0 Å². The third-order valence-corrected chi connectivity index (χ3v) is 2.43. The van der Waals surface area contributed by atoms with E-state index in [-0.39, 0.29) is 11.4 Å². The van der Waals surface area contributed by atoms with Crippen molar-refractivity contribution in [3.05, 3.63) is 23.8 Å². The van der Waals surface area contributed by atoms with E-state index in [2.05, 4.69) is 0 Å². The van der Waals surface area contributed by atoms with Crippen LogP contribution in [0.15, 0.2) is 18.2 Å². The highest BCUT2D eigenvalue weighted by molar-refractivity contribution is 5.97. The van der Waals surface area contributed by atoms with Gasteiger partial charge in [-0.2, -0.15) is 22.0 Å². The Morgan fingerprint density at radius 2 is 1.84 bits per heavy atom. The van der Waals surface area contributed by atoms with Gasteiger partial charge in [-0.05, 0) is 24.1 Å². The van der Waals surface area contributed by atoms with E-state index in [4.69, 9.17) is 5.73 Å². The monoisotopic (exact) mass is 282 g/mol. The standard InChI is InChI=1S/C11H11F5N2O/c1-2-6-3-4-7(5-8(6)17)18-9(19)10(12,13)11(14,15)16/h3-5H,2,17H2,1H3,(H,18,19). The first-order chi connectivity index (χ1) is 8.59. The number of carbonyl (C=O) groups is 1. The van der Waals surface area contributed by atoms with Crippen molar-refractivity contribution < 1.29 is 26.7 Å². The maximum absolute atomic E-state index is 12.7. The molecule has 0 aliphatic rings. The lowest BCUT2D eigenvalue weighted by atomic mass is 10.1. The topological polar surface area (TPSA) is 55.1 Å². The molecule has 1 aromatic rings. The fourth-order valence-corrected chi connectivity index (χ4v) is 1.33. The van der Waals surface area contributed by atoms with Gasteiger partial charge in [0.25, 0.3) is 0 Å². The molecule has 0 saturated carbocycles. The smallest absolute Gasteiger partial charge is 0.398 e. The van der Waals surface area contributed by atoms with Crippen LogP contribution >= 0.6 is 0 Å². The van der Waals surface area contributed by atoms with Crippen molar-refractivity contribution in [2.45, 2.75) is 25.4 Å². The van der Waals surface area contributed by atoms with E-state index < -0.39 is 18.0 Å². The molecule has 3 N–H and O–H groups in total. The molecule has 0 spiro atoms. The van der Waals surface area contributed by atoms with Crippen LogP contribution in [0.4, 0.5) is 33.3 Å². The number of carbonyl (C=O) groups excluding carboxylic acids is 1. The summed E-state index contributed by atoms with van der Waals surface area (Å²) < 4.78 is 61.2. The van der Waals surface area contributed by atoms with Crippen LogP contribution in [0.5, 0.6) is 0 Å². The summed E-state index contributed by atoms with van der Waals surface area (Å²) in [6.45, 7) is 1.79. The minimum atomic E-state index is -5.94. The summed E-state index contributed by atoms with van der Waals surface area (Å²) in [6.07, 6.45) is -5.37. The van der Waals surface area contributed by atoms with E-state index in [0.29, 0.717) is 12.0 Å². The van der Waals surface area contributed by atoms with Crippen molar-refractivity contribution in [2.24, 2.45) is 0 Å². The summed E-state index contributed by atoms with van der Waals surface area (Å²) in [4.78, 5) is 10.9. The number of hydrogen-bond acceptors (Lipinski definition) is 2. The second-order valence-electron chi connectivity index (χ2n) is 3.79. The van der Waals surface area contributed by atoms with Crippen molar-refractivity contribution in [3.63, 3.8) is 0 Å². The van der Waals surface area contributed by atoms with Crippen molar-refractivity contribution in [3.8, 4) is 0 Å². The van der Waals surface area contributed by atoms with Crippen LogP contribution in [0, 0.1) is 0 Å². The Labute approximate surface area is 105 Å². The molecule has 0 aromatic heterocycles. The zero-order valence-electron chi connectivity index (χ0n) is 9.81. The van der Waals surface area contributed by atoms with Gasteiger partial charge in [-0.1, -0.05) is 13.0 Å². The van der Waals surface area contributed by atoms with Crippen molar-refractivity contribution >= 4 is 17.3 Å². The fourth-order valence-electron chi connectivity index (χ4n) is 1.33. The number of nitrogens with two attached hydrogens (primary N) is 1. The molecule has 1 aromatic carbocycles. The molecule has 1 amide bonds. The molecular weight excluding hydrogens is 271 g/mol. The van der Waals surface area contributed by atoms with Crippen molar-refractivity contribution in [1.29, 1.82) is 0 Å². The van der Waals surface area contributed by atoms with Gasteiger partial charge in [0, 0.05) is 11.4 Å².